The number of hydrogen-bond acceptors (Lipinski definition) is 6. The topological polar surface area (TPSA) is 76.1 Å². The summed E-state index contributed by atoms with van der Waals surface area (Å²) >= 11 is 1.59. The molecule has 7 heteroatoms. The monoisotopic (exact) mass is 332 g/mol. The van der Waals surface area contributed by atoms with Gasteiger partial charge in [0, 0.05) is 6.04 Å². The van der Waals surface area contributed by atoms with Crippen LogP contribution in [0.1, 0.15) is 41.9 Å². The zero-order chi connectivity index (χ0) is 16.4. The molecular weight excluding hydrogens is 312 g/mol. The molecular formula is C16H20N4O2S. The van der Waals surface area contributed by atoms with E-state index in [1.165, 1.54) is 0 Å². The van der Waals surface area contributed by atoms with Gasteiger partial charge in [-0.25, -0.2) is 0 Å². The first-order valence-electron chi connectivity index (χ1n) is 7.70. The quantitative estimate of drug-likeness (QED) is 0.880. The van der Waals surface area contributed by atoms with E-state index in [1.807, 2.05) is 32.0 Å². The number of hydrogen-bond donors (Lipinski definition) is 2. The van der Waals surface area contributed by atoms with E-state index >= 15 is 0 Å². The van der Waals surface area contributed by atoms with Crippen molar-refractivity contribution in [3.05, 3.63) is 33.8 Å². The van der Waals surface area contributed by atoms with Crippen molar-refractivity contribution in [1.29, 1.82) is 0 Å². The lowest BCUT2D eigenvalue weighted by atomic mass is 10.1. The van der Waals surface area contributed by atoms with Gasteiger partial charge in [0.2, 0.25) is 0 Å². The van der Waals surface area contributed by atoms with Crippen LogP contribution in [0.15, 0.2) is 18.2 Å². The lowest BCUT2D eigenvalue weighted by Crippen LogP contribution is -2.36. The van der Waals surface area contributed by atoms with Gasteiger partial charge < -0.3 is 15.4 Å². The first-order valence-corrected chi connectivity index (χ1v) is 8.52. The Morgan fingerprint density at radius 2 is 2.26 bits per heavy atom. The third-order valence-electron chi connectivity index (χ3n) is 3.82. The van der Waals surface area contributed by atoms with E-state index < -0.39 is 6.10 Å². The number of benzene rings is 1. The number of carbonyl (C=O) groups is 1. The minimum Gasteiger partial charge on any atom is -0.478 e. The van der Waals surface area contributed by atoms with Crippen LogP contribution in [-0.2, 0) is 11.3 Å². The summed E-state index contributed by atoms with van der Waals surface area (Å²) in [6.07, 6.45) is 0.241. The van der Waals surface area contributed by atoms with Gasteiger partial charge in [0.1, 0.15) is 15.8 Å². The average molecular weight is 332 g/mol. The molecule has 1 aliphatic heterocycles. The van der Waals surface area contributed by atoms with Gasteiger partial charge in [-0.2, -0.15) is 0 Å². The van der Waals surface area contributed by atoms with E-state index in [4.69, 9.17) is 4.74 Å². The molecule has 1 aromatic carbocycles. The molecule has 2 aromatic rings. The Balaban J connectivity index is 1.69. The Morgan fingerprint density at radius 3 is 2.96 bits per heavy atom. The minimum absolute atomic E-state index is 0.0782. The molecule has 1 aromatic heterocycles. The Morgan fingerprint density at radius 1 is 1.43 bits per heavy atom. The van der Waals surface area contributed by atoms with Gasteiger partial charge in [0.25, 0.3) is 5.91 Å². The summed E-state index contributed by atoms with van der Waals surface area (Å²) in [5, 5.41) is 16.4. The maximum atomic E-state index is 11.8. The third kappa shape index (κ3) is 3.51. The number of fused-ring (bicyclic) bond motifs is 1. The van der Waals surface area contributed by atoms with Crippen molar-refractivity contribution < 1.29 is 9.53 Å². The predicted molar refractivity (Wildman–Crippen MR) is 89.7 cm³/mol. The molecule has 1 aliphatic rings. The lowest BCUT2D eigenvalue weighted by Gasteiger charge is -2.26. The number of aryl methyl sites for hydroxylation is 1. The molecule has 2 heterocycles. The van der Waals surface area contributed by atoms with Crippen LogP contribution in [0.4, 0.5) is 5.69 Å². The van der Waals surface area contributed by atoms with Gasteiger partial charge >= 0.3 is 0 Å². The molecule has 0 spiro atoms. The van der Waals surface area contributed by atoms with Gasteiger partial charge in [-0.05, 0) is 38.0 Å². The van der Waals surface area contributed by atoms with E-state index in [2.05, 4.69) is 27.8 Å². The summed E-state index contributed by atoms with van der Waals surface area (Å²) in [7, 11) is 0. The fraction of sp³-hybridized carbons (Fsp3) is 0.438. The molecule has 23 heavy (non-hydrogen) atoms. The van der Waals surface area contributed by atoms with E-state index in [-0.39, 0.29) is 11.9 Å². The highest BCUT2D eigenvalue weighted by atomic mass is 32.1. The van der Waals surface area contributed by atoms with Crippen LogP contribution in [0.5, 0.6) is 5.75 Å². The Hall–Kier alpha value is -1.99. The van der Waals surface area contributed by atoms with Gasteiger partial charge in [-0.1, -0.05) is 13.0 Å². The number of rotatable bonds is 5. The van der Waals surface area contributed by atoms with E-state index in [1.54, 1.807) is 11.3 Å². The number of ether oxygens (including phenoxy) is 1. The van der Waals surface area contributed by atoms with Crippen molar-refractivity contribution in [2.24, 2.45) is 0 Å². The highest BCUT2D eigenvalue weighted by molar-refractivity contribution is 7.11. The fourth-order valence-electron chi connectivity index (χ4n) is 2.46. The SMILES string of the molecule is CC[C@@H]1Oc2cc([C@H](C)NCc3nnc(C)s3)ccc2NC1=O. The summed E-state index contributed by atoms with van der Waals surface area (Å²) < 4.78 is 5.79. The van der Waals surface area contributed by atoms with Crippen LogP contribution in [0.3, 0.4) is 0 Å². The molecule has 2 atom stereocenters. The number of amides is 1. The molecule has 3 rings (SSSR count). The minimum atomic E-state index is -0.412. The molecule has 1 amide bonds. The lowest BCUT2D eigenvalue weighted by molar-refractivity contribution is -0.123. The Kier molecular flexibility index (Phi) is 4.58. The first-order chi connectivity index (χ1) is 11.1. The van der Waals surface area contributed by atoms with Gasteiger partial charge in [-0.15, -0.1) is 21.5 Å². The predicted octanol–water partition coefficient (Wildman–Crippen LogP) is 2.81. The van der Waals surface area contributed by atoms with Crippen LogP contribution in [0.25, 0.3) is 0 Å². The van der Waals surface area contributed by atoms with Gasteiger partial charge in [-0.3, -0.25) is 4.79 Å². The molecule has 0 saturated heterocycles. The molecule has 0 unspecified atom stereocenters. The average Bonchev–Trinajstić information content (AvgIpc) is 2.97. The van der Waals surface area contributed by atoms with Crippen molar-refractivity contribution in [3.63, 3.8) is 0 Å². The van der Waals surface area contributed by atoms with Crippen LogP contribution >= 0.6 is 11.3 Å². The number of nitrogens with one attached hydrogen (secondary N) is 2. The number of nitrogens with zero attached hydrogens (tertiary/aromatic N) is 2. The molecule has 122 valence electrons. The first kappa shape index (κ1) is 15.9. The largest absolute Gasteiger partial charge is 0.478 e. The van der Waals surface area contributed by atoms with Crippen LogP contribution in [-0.4, -0.2) is 22.2 Å². The fourth-order valence-corrected chi connectivity index (χ4v) is 3.12. The highest BCUT2D eigenvalue weighted by Crippen LogP contribution is 2.33. The zero-order valence-corrected chi connectivity index (χ0v) is 14.2. The summed E-state index contributed by atoms with van der Waals surface area (Å²) in [5.41, 5.74) is 1.84. The smallest absolute Gasteiger partial charge is 0.265 e. The molecule has 6 nitrogen and oxygen atoms in total. The van der Waals surface area contributed by atoms with E-state index in [0.717, 1.165) is 27.0 Å². The standard InChI is InChI=1S/C16H20N4O2S/c1-4-13-16(21)18-12-6-5-11(7-14(12)22-13)9(2)17-8-15-20-19-10(3)23-15/h5-7,9,13,17H,4,8H2,1-3H3,(H,18,21)/t9-,13-/m0/s1. The van der Waals surface area contributed by atoms with Gasteiger partial charge in [0.15, 0.2) is 6.10 Å². The number of anilines is 1. The van der Waals surface area contributed by atoms with Crippen molar-refractivity contribution >= 4 is 22.9 Å². The second-order valence-electron chi connectivity index (χ2n) is 5.58. The van der Waals surface area contributed by atoms with E-state index in [9.17, 15) is 4.79 Å². The molecule has 0 bridgehead atoms. The summed E-state index contributed by atoms with van der Waals surface area (Å²) in [4.78, 5) is 11.8. The van der Waals surface area contributed by atoms with Crippen molar-refractivity contribution in [2.45, 2.75) is 45.9 Å². The normalized spacial score (nSPS) is 18.0. The molecule has 0 saturated carbocycles. The van der Waals surface area contributed by atoms with Gasteiger partial charge in [0.05, 0.1) is 12.2 Å². The summed E-state index contributed by atoms with van der Waals surface area (Å²) in [6, 6.07) is 6.02. The number of aromatic nitrogens is 2. The maximum absolute atomic E-state index is 11.8. The van der Waals surface area contributed by atoms with Crippen molar-refractivity contribution in [3.8, 4) is 5.75 Å². The Labute approximate surface area is 139 Å². The zero-order valence-electron chi connectivity index (χ0n) is 13.4. The second-order valence-corrected chi connectivity index (χ2v) is 6.84. The third-order valence-corrected chi connectivity index (χ3v) is 4.66. The molecule has 2 N–H and O–H groups in total. The molecule has 0 fully saturated rings. The van der Waals surface area contributed by atoms with Crippen LogP contribution < -0.4 is 15.4 Å². The van der Waals surface area contributed by atoms with E-state index in [0.29, 0.717) is 13.0 Å². The molecule has 0 radical (unpaired) electrons. The summed E-state index contributed by atoms with van der Waals surface area (Å²) in [6.45, 7) is 6.66. The van der Waals surface area contributed by atoms with Crippen LogP contribution in [0, 0.1) is 6.92 Å². The Bertz CT molecular complexity index is 716. The summed E-state index contributed by atoms with van der Waals surface area (Å²) in [5.74, 6) is 0.653. The van der Waals surface area contributed by atoms with Crippen LogP contribution in [0.2, 0.25) is 0 Å². The number of carbonyl (C=O) groups excluding carboxylic acids is 1. The van der Waals surface area contributed by atoms with Crippen molar-refractivity contribution in [2.75, 3.05) is 5.32 Å². The highest BCUT2D eigenvalue weighted by Gasteiger charge is 2.26. The second kappa shape index (κ2) is 6.64. The maximum Gasteiger partial charge on any atom is 0.265 e. The molecule has 0 aliphatic carbocycles. The van der Waals surface area contributed by atoms with Crippen molar-refractivity contribution in [1.82, 2.24) is 15.5 Å².